The third-order valence-corrected chi connectivity index (χ3v) is 3.44. The molecule has 0 aromatic carbocycles. The van der Waals surface area contributed by atoms with Crippen molar-refractivity contribution in [3.63, 3.8) is 0 Å². The normalized spacial score (nSPS) is 17.2. The fraction of sp³-hybridized carbons (Fsp3) is 0.636. The van der Waals surface area contributed by atoms with Gasteiger partial charge in [-0.15, -0.1) is 0 Å². The Kier molecular flexibility index (Phi) is 3.79. The van der Waals surface area contributed by atoms with E-state index in [-0.39, 0.29) is 18.1 Å². The molecule has 1 saturated carbocycles. The molecule has 1 aliphatic rings. The quantitative estimate of drug-likeness (QED) is 0.541. The van der Waals surface area contributed by atoms with Crippen LogP contribution < -0.4 is 10.6 Å². The molecular formula is C11H17N5O3. The van der Waals surface area contributed by atoms with Crippen molar-refractivity contribution in [2.45, 2.75) is 31.2 Å². The Morgan fingerprint density at radius 1 is 1.53 bits per heavy atom. The highest BCUT2D eigenvalue weighted by atomic mass is 16.6. The standard InChI is InChI=1S/C11H17N5O3/c1-12-10-13-6-8(16(18)19)9(14-10)15-11(7-17)4-2-3-5-11/h6,17H,2-5,7H2,1H3,(H2,12,13,14,15). The Balaban J connectivity index is 2.33. The van der Waals surface area contributed by atoms with Gasteiger partial charge in [-0.05, 0) is 12.8 Å². The largest absolute Gasteiger partial charge is 0.394 e. The van der Waals surface area contributed by atoms with Gasteiger partial charge in [0.25, 0.3) is 0 Å². The van der Waals surface area contributed by atoms with E-state index in [4.69, 9.17) is 0 Å². The first-order chi connectivity index (χ1) is 9.10. The molecule has 0 saturated heterocycles. The first kappa shape index (κ1) is 13.5. The van der Waals surface area contributed by atoms with E-state index in [1.54, 1.807) is 7.05 Å². The number of nitrogens with one attached hydrogen (secondary N) is 2. The Hall–Kier alpha value is -1.96. The van der Waals surface area contributed by atoms with E-state index in [9.17, 15) is 15.2 Å². The summed E-state index contributed by atoms with van der Waals surface area (Å²) in [6.07, 6.45) is 4.71. The number of nitrogens with zero attached hydrogens (tertiary/aromatic N) is 3. The van der Waals surface area contributed by atoms with Crippen molar-refractivity contribution < 1.29 is 10.0 Å². The van der Waals surface area contributed by atoms with Gasteiger partial charge in [0.05, 0.1) is 17.1 Å². The molecule has 1 aromatic rings. The average Bonchev–Trinajstić information content (AvgIpc) is 2.87. The lowest BCUT2D eigenvalue weighted by Crippen LogP contribution is -2.39. The maximum absolute atomic E-state index is 11.0. The van der Waals surface area contributed by atoms with Crippen molar-refractivity contribution in [2.75, 3.05) is 24.3 Å². The predicted molar refractivity (Wildman–Crippen MR) is 70.1 cm³/mol. The SMILES string of the molecule is CNc1ncc([N+](=O)[O-])c(NC2(CO)CCCC2)n1. The van der Waals surface area contributed by atoms with Crippen LogP contribution in [-0.2, 0) is 0 Å². The summed E-state index contributed by atoms with van der Waals surface area (Å²) in [5, 5.41) is 26.3. The summed E-state index contributed by atoms with van der Waals surface area (Å²) >= 11 is 0. The summed E-state index contributed by atoms with van der Waals surface area (Å²) in [5.74, 6) is 0.458. The second-order valence-electron chi connectivity index (χ2n) is 4.71. The zero-order valence-electron chi connectivity index (χ0n) is 10.7. The van der Waals surface area contributed by atoms with Crippen molar-refractivity contribution in [1.82, 2.24) is 9.97 Å². The van der Waals surface area contributed by atoms with Gasteiger partial charge in [0.15, 0.2) is 0 Å². The second-order valence-corrected chi connectivity index (χ2v) is 4.71. The summed E-state index contributed by atoms with van der Waals surface area (Å²) < 4.78 is 0. The minimum Gasteiger partial charge on any atom is -0.394 e. The van der Waals surface area contributed by atoms with Gasteiger partial charge < -0.3 is 15.7 Å². The van der Waals surface area contributed by atoms with Gasteiger partial charge in [0.2, 0.25) is 11.8 Å². The van der Waals surface area contributed by atoms with Crippen molar-refractivity contribution in [3.8, 4) is 0 Å². The molecule has 1 aliphatic carbocycles. The molecule has 1 aromatic heterocycles. The van der Waals surface area contributed by atoms with Crippen LogP contribution in [0.1, 0.15) is 25.7 Å². The number of anilines is 2. The summed E-state index contributed by atoms with van der Waals surface area (Å²) in [7, 11) is 1.64. The lowest BCUT2D eigenvalue weighted by atomic mass is 9.99. The van der Waals surface area contributed by atoms with Gasteiger partial charge in [-0.2, -0.15) is 4.98 Å². The van der Waals surface area contributed by atoms with E-state index in [1.807, 2.05) is 0 Å². The van der Waals surface area contributed by atoms with Crippen LogP contribution in [0.25, 0.3) is 0 Å². The van der Waals surface area contributed by atoms with Crippen LogP contribution in [0, 0.1) is 10.1 Å². The second kappa shape index (κ2) is 5.35. The van der Waals surface area contributed by atoms with Crippen LogP contribution in [0.5, 0.6) is 0 Å². The molecule has 1 fully saturated rings. The van der Waals surface area contributed by atoms with E-state index in [2.05, 4.69) is 20.6 Å². The van der Waals surface area contributed by atoms with Crippen LogP contribution >= 0.6 is 0 Å². The molecule has 8 nitrogen and oxygen atoms in total. The summed E-state index contributed by atoms with van der Waals surface area (Å²) in [6, 6.07) is 0. The van der Waals surface area contributed by atoms with Gasteiger partial charge in [0, 0.05) is 7.05 Å². The van der Waals surface area contributed by atoms with Crippen LogP contribution in [0.4, 0.5) is 17.5 Å². The Morgan fingerprint density at radius 2 is 2.21 bits per heavy atom. The number of hydrogen-bond acceptors (Lipinski definition) is 7. The lowest BCUT2D eigenvalue weighted by molar-refractivity contribution is -0.384. The fourth-order valence-electron chi connectivity index (χ4n) is 2.35. The number of aliphatic hydroxyl groups is 1. The molecule has 2 rings (SSSR count). The third kappa shape index (κ3) is 2.73. The van der Waals surface area contributed by atoms with Gasteiger partial charge in [-0.1, -0.05) is 12.8 Å². The lowest BCUT2D eigenvalue weighted by Gasteiger charge is -2.28. The summed E-state index contributed by atoms with van der Waals surface area (Å²) in [4.78, 5) is 18.4. The zero-order chi connectivity index (χ0) is 13.9. The summed E-state index contributed by atoms with van der Waals surface area (Å²) in [5.41, 5.74) is -0.692. The van der Waals surface area contributed by atoms with Gasteiger partial charge >= 0.3 is 5.69 Å². The Labute approximate surface area is 110 Å². The van der Waals surface area contributed by atoms with E-state index in [1.165, 1.54) is 6.20 Å². The van der Waals surface area contributed by atoms with E-state index in [0.717, 1.165) is 25.7 Å². The molecular weight excluding hydrogens is 250 g/mol. The molecule has 19 heavy (non-hydrogen) atoms. The van der Waals surface area contributed by atoms with Crippen LogP contribution in [0.15, 0.2) is 6.20 Å². The average molecular weight is 267 g/mol. The smallest absolute Gasteiger partial charge is 0.329 e. The number of aliphatic hydroxyl groups excluding tert-OH is 1. The van der Waals surface area contributed by atoms with Crippen molar-refractivity contribution >= 4 is 17.5 Å². The molecule has 0 spiro atoms. The number of nitro groups is 1. The number of hydrogen-bond donors (Lipinski definition) is 3. The van der Waals surface area contributed by atoms with Gasteiger partial charge in [-0.3, -0.25) is 10.1 Å². The maximum Gasteiger partial charge on any atom is 0.329 e. The third-order valence-electron chi connectivity index (χ3n) is 3.44. The highest BCUT2D eigenvalue weighted by molar-refractivity contribution is 5.58. The van der Waals surface area contributed by atoms with E-state index < -0.39 is 10.5 Å². The first-order valence-electron chi connectivity index (χ1n) is 6.18. The zero-order valence-corrected chi connectivity index (χ0v) is 10.7. The monoisotopic (exact) mass is 267 g/mol. The summed E-state index contributed by atoms with van der Waals surface area (Å²) in [6.45, 7) is -0.0664. The molecule has 0 bridgehead atoms. The highest BCUT2D eigenvalue weighted by Crippen LogP contribution is 2.34. The fourth-order valence-corrected chi connectivity index (χ4v) is 2.35. The Morgan fingerprint density at radius 3 is 2.74 bits per heavy atom. The highest BCUT2D eigenvalue weighted by Gasteiger charge is 2.35. The first-order valence-corrected chi connectivity index (χ1v) is 6.18. The Bertz CT molecular complexity index is 473. The van der Waals surface area contributed by atoms with Crippen LogP contribution in [0.3, 0.4) is 0 Å². The van der Waals surface area contributed by atoms with E-state index in [0.29, 0.717) is 5.95 Å². The molecule has 0 unspecified atom stereocenters. The van der Waals surface area contributed by atoms with Crippen molar-refractivity contribution in [1.29, 1.82) is 0 Å². The van der Waals surface area contributed by atoms with Crippen LogP contribution in [0.2, 0.25) is 0 Å². The van der Waals surface area contributed by atoms with Crippen molar-refractivity contribution in [3.05, 3.63) is 16.3 Å². The molecule has 0 amide bonds. The topological polar surface area (TPSA) is 113 Å². The molecule has 0 radical (unpaired) electrons. The molecule has 1 heterocycles. The van der Waals surface area contributed by atoms with Gasteiger partial charge in [0.1, 0.15) is 6.20 Å². The molecule has 0 aliphatic heterocycles. The minimum absolute atomic E-state index is 0.0664. The van der Waals surface area contributed by atoms with E-state index >= 15 is 0 Å². The van der Waals surface area contributed by atoms with Gasteiger partial charge in [-0.25, -0.2) is 4.98 Å². The molecule has 0 atom stereocenters. The molecule has 3 N–H and O–H groups in total. The predicted octanol–water partition coefficient (Wildman–Crippen LogP) is 1.14. The minimum atomic E-state index is -0.526. The number of aromatic nitrogens is 2. The van der Waals surface area contributed by atoms with Crippen molar-refractivity contribution in [2.24, 2.45) is 0 Å². The maximum atomic E-state index is 11.0. The van der Waals surface area contributed by atoms with Crippen LogP contribution in [-0.4, -0.2) is 39.2 Å². The molecule has 8 heteroatoms. The molecule has 104 valence electrons. The number of rotatable bonds is 5.